The molecule has 104 valence electrons. The van der Waals surface area contributed by atoms with Crippen LogP contribution in [0.1, 0.15) is 21.5 Å². The highest BCUT2D eigenvalue weighted by Crippen LogP contribution is 2.12. The molecular formula is C15H12ClF2NO. The van der Waals surface area contributed by atoms with Gasteiger partial charge in [0.1, 0.15) is 17.2 Å². The molecule has 0 saturated carbocycles. The van der Waals surface area contributed by atoms with Crippen LogP contribution in [0, 0.1) is 11.6 Å². The van der Waals surface area contributed by atoms with Crippen LogP contribution >= 0.6 is 11.6 Å². The molecule has 0 aliphatic heterocycles. The lowest BCUT2D eigenvalue weighted by Crippen LogP contribution is -2.25. The molecule has 2 nitrogen and oxygen atoms in total. The molecule has 0 aliphatic rings. The lowest BCUT2D eigenvalue weighted by Gasteiger charge is -2.07. The molecular weight excluding hydrogens is 284 g/mol. The summed E-state index contributed by atoms with van der Waals surface area (Å²) in [6, 6.07) is 10.6. The average molecular weight is 296 g/mol. The Balaban J connectivity index is 2.05. The number of halogens is 3. The van der Waals surface area contributed by atoms with Gasteiger partial charge in [0.05, 0.1) is 0 Å². The highest BCUT2D eigenvalue weighted by atomic mass is 35.5. The molecule has 2 rings (SSSR count). The van der Waals surface area contributed by atoms with E-state index in [2.05, 4.69) is 5.32 Å². The van der Waals surface area contributed by atoms with Crippen molar-refractivity contribution in [3.8, 4) is 0 Å². The number of carbonyl (C=O) groups is 1. The summed E-state index contributed by atoms with van der Waals surface area (Å²) >= 11 is 5.67. The van der Waals surface area contributed by atoms with Crippen molar-refractivity contribution in [1.29, 1.82) is 0 Å². The number of alkyl halides is 1. The maximum atomic E-state index is 13.4. The normalized spacial score (nSPS) is 10.3. The third-order valence-electron chi connectivity index (χ3n) is 2.82. The Morgan fingerprint density at radius 1 is 1.00 bits per heavy atom. The Hall–Kier alpha value is -1.94. The molecule has 0 aliphatic carbocycles. The average Bonchev–Trinajstić information content (AvgIpc) is 2.45. The molecule has 0 saturated heterocycles. The summed E-state index contributed by atoms with van der Waals surface area (Å²) < 4.78 is 26.8. The van der Waals surface area contributed by atoms with Crippen LogP contribution in [0.4, 0.5) is 8.78 Å². The second-order valence-corrected chi connectivity index (χ2v) is 4.50. The van der Waals surface area contributed by atoms with Crippen molar-refractivity contribution in [2.75, 3.05) is 0 Å². The van der Waals surface area contributed by atoms with E-state index < -0.39 is 23.1 Å². The zero-order valence-corrected chi connectivity index (χ0v) is 11.3. The van der Waals surface area contributed by atoms with Gasteiger partial charge in [0.25, 0.3) is 5.91 Å². The number of carbonyl (C=O) groups excluding carboxylic acids is 1. The molecule has 20 heavy (non-hydrogen) atoms. The fraction of sp³-hybridized carbons (Fsp3) is 0.133. The quantitative estimate of drug-likeness (QED) is 0.857. The molecule has 0 fully saturated rings. The summed E-state index contributed by atoms with van der Waals surface area (Å²) in [4.78, 5) is 11.8. The molecule has 1 N–H and O–H groups in total. The van der Waals surface area contributed by atoms with Gasteiger partial charge in [-0.15, -0.1) is 11.6 Å². The molecule has 2 aromatic carbocycles. The van der Waals surface area contributed by atoms with E-state index >= 15 is 0 Å². The van der Waals surface area contributed by atoms with Gasteiger partial charge in [0, 0.05) is 12.4 Å². The molecule has 0 unspecified atom stereocenters. The van der Waals surface area contributed by atoms with Crippen LogP contribution in [0.15, 0.2) is 42.5 Å². The highest BCUT2D eigenvalue weighted by Gasteiger charge is 2.16. The van der Waals surface area contributed by atoms with Crippen molar-refractivity contribution < 1.29 is 13.6 Å². The van der Waals surface area contributed by atoms with E-state index in [9.17, 15) is 13.6 Å². The molecule has 0 heterocycles. The third kappa shape index (κ3) is 3.33. The number of benzene rings is 2. The largest absolute Gasteiger partial charge is 0.348 e. The van der Waals surface area contributed by atoms with Gasteiger partial charge in [0.2, 0.25) is 0 Å². The molecule has 0 spiro atoms. The van der Waals surface area contributed by atoms with E-state index in [4.69, 9.17) is 11.6 Å². The van der Waals surface area contributed by atoms with Crippen molar-refractivity contribution in [3.05, 3.63) is 70.8 Å². The van der Waals surface area contributed by atoms with Crippen LogP contribution in [0.25, 0.3) is 0 Å². The molecule has 0 radical (unpaired) electrons. The smallest absolute Gasteiger partial charge is 0.257 e. The van der Waals surface area contributed by atoms with Crippen LogP contribution in [0.2, 0.25) is 0 Å². The minimum Gasteiger partial charge on any atom is -0.348 e. The van der Waals surface area contributed by atoms with Gasteiger partial charge in [-0.3, -0.25) is 4.79 Å². The minimum atomic E-state index is -0.875. The molecule has 5 heteroatoms. The zero-order valence-electron chi connectivity index (χ0n) is 10.5. The van der Waals surface area contributed by atoms with E-state index in [-0.39, 0.29) is 6.54 Å². The fourth-order valence-corrected chi connectivity index (χ4v) is 1.91. The Kier molecular flexibility index (Phi) is 4.69. The van der Waals surface area contributed by atoms with Gasteiger partial charge in [0.15, 0.2) is 0 Å². The van der Waals surface area contributed by atoms with Crippen LogP contribution in [0.3, 0.4) is 0 Å². The van der Waals surface area contributed by atoms with Crippen LogP contribution in [-0.2, 0) is 12.4 Å². The van der Waals surface area contributed by atoms with Crippen molar-refractivity contribution in [1.82, 2.24) is 5.32 Å². The van der Waals surface area contributed by atoms with Crippen LogP contribution in [-0.4, -0.2) is 5.91 Å². The summed E-state index contributed by atoms with van der Waals surface area (Å²) in [5.41, 5.74) is 1.22. The lowest BCUT2D eigenvalue weighted by atomic mass is 10.1. The van der Waals surface area contributed by atoms with E-state index in [1.54, 1.807) is 12.1 Å². The van der Waals surface area contributed by atoms with Gasteiger partial charge >= 0.3 is 0 Å². The number of hydrogen-bond donors (Lipinski definition) is 1. The number of amides is 1. The molecule has 1 amide bonds. The highest BCUT2D eigenvalue weighted by molar-refractivity contribution is 6.17. The van der Waals surface area contributed by atoms with Gasteiger partial charge in [-0.2, -0.15) is 0 Å². The standard InChI is InChI=1S/C15H12ClF2NO/c16-8-10-4-6-11(7-5-10)9-19-15(20)14-12(17)2-1-3-13(14)18/h1-7H,8-9H2,(H,19,20). The SMILES string of the molecule is O=C(NCc1ccc(CCl)cc1)c1c(F)cccc1F. The summed E-state index contributed by atoms with van der Waals surface area (Å²) in [6.45, 7) is 0.190. The maximum absolute atomic E-state index is 13.4. The summed E-state index contributed by atoms with van der Waals surface area (Å²) in [7, 11) is 0. The van der Waals surface area contributed by atoms with Crippen molar-refractivity contribution in [2.24, 2.45) is 0 Å². The number of rotatable bonds is 4. The van der Waals surface area contributed by atoms with E-state index in [0.717, 1.165) is 23.3 Å². The monoisotopic (exact) mass is 295 g/mol. The molecule has 2 aromatic rings. The third-order valence-corrected chi connectivity index (χ3v) is 3.13. The Bertz CT molecular complexity index is 594. The van der Waals surface area contributed by atoms with Crippen molar-refractivity contribution in [2.45, 2.75) is 12.4 Å². The Morgan fingerprint density at radius 3 is 2.10 bits per heavy atom. The van der Waals surface area contributed by atoms with E-state index in [1.165, 1.54) is 6.07 Å². The summed E-state index contributed by atoms with van der Waals surface area (Å²) in [5, 5.41) is 2.48. The summed E-state index contributed by atoms with van der Waals surface area (Å²) in [6.07, 6.45) is 0. The predicted octanol–water partition coefficient (Wildman–Crippen LogP) is 3.63. The predicted molar refractivity (Wildman–Crippen MR) is 73.5 cm³/mol. The number of nitrogens with one attached hydrogen (secondary N) is 1. The Morgan fingerprint density at radius 2 is 1.55 bits per heavy atom. The first-order valence-electron chi connectivity index (χ1n) is 5.98. The summed E-state index contributed by atoms with van der Waals surface area (Å²) in [5.74, 6) is -2.12. The first-order valence-corrected chi connectivity index (χ1v) is 6.51. The second kappa shape index (κ2) is 6.48. The second-order valence-electron chi connectivity index (χ2n) is 4.23. The molecule has 0 aromatic heterocycles. The minimum absolute atomic E-state index is 0.190. The van der Waals surface area contributed by atoms with Crippen molar-refractivity contribution >= 4 is 17.5 Å². The molecule has 0 bridgehead atoms. The first kappa shape index (κ1) is 14.5. The lowest BCUT2D eigenvalue weighted by molar-refractivity contribution is 0.0942. The molecule has 0 atom stereocenters. The zero-order chi connectivity index (χ0) is 14.5. The number of hydrogen-bond acceptors (Lipinski definition) is 1. The van der Waals surface area contributed by atoms with E-state index in [0.29, 0.717) is 5.88 Å². The fourth-order valence-electron chi connectivity index (χ4n) is 1.73. The van der Waals surface area contributed by atoms with Crippen LogP contribution < -0.4 is 5.32 Å². The Labute approximate surface area is 120 Å². The van der Waals surface area contributed by atoms with Gasteiger partial charge in [-0.05, 0) is 23.3 Å². The van der Waals surface area contributed by atoms with Gasteiger partial charge in [-0.1, -0.05) is 30.3 Å². The van der Waals surface area contributed by atoms with Gasteiger partial charge in [-0.25, -0.2) is 8.78 Å². The maximum Gasteiger partial charge on any atom is 0.257 e. The van der Waals surface area contributed by atoms with Crippen molar-refractivity contribution in [3.63, 3.8) is 0 Å². The topological polar surface area (TPSA) is 29.1 Å². The van der Waals surface area contributed by atoms with Gasteiger partial charge < -0.3 is 5.32 Å². The van der Waals surface area contributed by atoms with Crippen LogP contribution in [0.5, 0.6) is 0 Å². The first-order chi connectivity index (χ1) is 9.61. The van der Waals surface area contributed by atoms with E-state index in [1.807, 2.05) is 12.1 Å².